The number of benzene rings is 1. The van der Waals surface area contributed by atoms with Gasteiger partial charge in [-0.2, -0.15) is 0 Å². The second-order valence-corrected chi connectivity index (χ2v) is 8.28. The molecule has 1 aromatic carbocycles. The van der Waals surface area contributed by atoms with E-state index in [9.17, 15) is 14.9 Å². The van der Waals surface area contributed by atoms with E-state index in [4.69, 9.17) is 9.47 Å². The molecule has 0 atom stereocenters. The molecule has 2 fully saturated rings. The molecule has 2 aliphatic rings. The van der Waals surface area contributed by atoms with Crippen LogP contribution in [-0.4, -0.2) is 43.8 Å². The van der Waals surface area contributed by atoms with Gasteiger partial charge in [0.05, 0.1) is 17.4 Å². The third-order valence-electron chi connectivity index (χ3n) is 6.01. The first-order chi connectivity index (χ1) is 13.4. The highest BCUT2D eigenvalue weighted by molar-refractivity contribution is 5.85. The Morgan fingerprint density at radius 2 is 2.04 bits per heavy atom. The lowest BCUT2D eigenvalue weighted by atomic mass is 9.64. The number of ether oxygens (including phenoxy) is 2. The van der Waals surface area contributed by atoms with Crippen molar-refractivity contribution in [3.05, 3.63) is 33.9 Å². The Balaban J connectivity index is 2.02. The summed E-state index contributed by atoms with van der Waals surface area (Å²) in [6.45, 7) is 6.33. The van der Waals surface area contributed by atoms with Crippen LogP contribution < -0.4 is 4.90 Å². The van der Waals surface area contributed by atoms with Crippen LogP contribution in [0.4, 0.5) is 11.4 Å². The molecule has 7 heteroatoms. The van der Waals surface area contributed by atoms with Crippen molar-refractivity contribution in [2.24, 2.45) is 5.92 Å². The smallest absolute Gasteiger partial charge is 0.316 e. The van der Waals surface area contributed by atoms with E-state index in [1.165, 1.54) is 7.11 Å². The Hall–Kier alpha value is -2.15. The van der Waals surface area contributed by atoms with E-state index in [1.807, 2.05) is 12.1 Å². The van der Waals surface area contributed by atoms with Crippen molar-refractivity contribution in [1.29, 1.82) is 0 Å². The normalized spacial score (nSPS) is 19.1. The molecule has 0 spiro atoms. The Morgan fingerprint density at radius 1 is 1.36 bits per heavy atom. The Labute approximate surface area is 166 Å². The van der Waals surface area contributed by atoms with Crippen molar-refractivity contribution in [3.63, 3.8) is 0 Å². The van der Waals surface area contributed by atoms with Gasteiger partial charge in [-0.3, -0.25) is 14.9 Å². The Kier molecular flexibility index (Phi) is 6.23. The van der Waals surface area contributed by atoms with Crippen LogP contribution in [0.5, 0.6) is 0 Å². The van der Waals surface area contributed by atoms with Gasteiger partial charge in [-0.1, -0.05) is 26.3 Å². The highest BCUT2D eigenvalue weighted by Gasteiger charge is 2.47. The van der Waals surface area contributed by atoms with Gasteiger partial charge in [0.2, 0.25) is 0 Å². The van der Waals surface area contributed by atoms with E-state index in [0.717, 1.165) is 25.8 Å². The fourth-order valence-electron chi connectivity index (χ4n) is 4.38. The number of rotatable bonds is 7. The zero-order chi connectivity index (χ0) is 20.3. The molecule has 0 N–H and O–H groups in total. The van der Waals surface area contributed by atoms with Gasteiger partial charge in [0.25, 0.3) is 5.69 Å². The van der Waals surface area contributed by atoms with Crippen molar-refractivity contribution in [2.45, 2.75) is 57.4 Å². The summed E-state index contributed by atoms with van der Waals surface area (Å²) in [6, 6.07) is 5.52. The average Bonchev–Trinajstić information content (AvgIpc) is 2.65. The monoisotopic (exact) mass is 390 g/mol. The zero-order valence-corrected chi connectivity index (χ0v) is 17.0. The highest BCUT2D eigenvalue weighted by atomic mass is 16.6. The van der Waals surface area contributed by atoms with Crippen LogP contribution >= 0.6 is 0 Å². The molecule has 1 heterocycles. The third-order valence-corrected chi connectivity index (χ3v) is 6.01. The molecule has 0 unspecified atom stereocenters. The van der Waals surface area contributed by atoms with Crippen molar-refractivity contribution < 1.29 is 19.2 Å². The van der Waals surface area contributed by atoms with Crippen molar-refractivity contribution in [2.75, 3.05) is 31.8 Å². The lowest BCUT2D eigenvalue weighted by Crippen LogP contribution is -2.44. The van der Waals surface area contributed by atoms with E-state index in [0.29, 0.717) is 43.2 Å². The lowest BCUT2D eigenvalue weighted by molar-refractivity contribution is -0.384. The maximum absolute atomic E-state index is 12.4. The van der Waals surface area contributed by atoms with Gasteiger partial charge in [0.15, 0.2) is 0 Å². The van der Waals surface area contributed by atoms with E-state index >= 15 is 0 Å². The molecule has 0 radical (unpaired) electrons. The van der Waals surface area contributed by atoms with E-state index in [-0.39, 0.29) is 22.6 Å². The van der Waals surface area contributed by atoms with Crippen LogP contribution in [0.2, 0.25) is 0 Å². The number of methoxy groups -OCH3 is 1. The number of hydrogen-bond donors (Lipinski definition) is 0. The van der Waals surface area contributed by atoms with E-state index < -0.39 is 5.41 Å². The molecular weight excluding hydrogens is 360 g/mol. The molecule has 1 saturated heterocycles. The summed E-state index contributed by atoms with van der Waals surface area (Å²) < 4.78 is 10.5. The van der Waals surface area contributed by atoms with Gasteiger partial charge < -0.3 is 14.4 Å². The molecule has 0 bridgehead atoms. The van der Waals surface area contributed by atoms with Crippen molar-refractivity contribution >= 4 is 17.3 Å². The quantitative estimate of drug-likeness (QED) is 0.400. The highest BCUT2D eigenvalue weighted by Crippen LogP contribution is 2.47. The van der Waals surface area contributed by atoms with Gasteiger partial charge in [-0.15, -0.1) is 0 Å². The minimum Gasteiger partial charge on any atom is -0.468 e. The third kappa shape index (κ3) is 3.85. The number of nitro groups is 1. The standard InChI is InChI=1S/C21H30N2O5/c1-15(2)14-22(17-7-11-28-12-8-17)18-6-5-16(13-19(18)23(25)26)21(9-4-10-21)20(24)27-3/h5-6,13,15,17H,4,7-12,14H2,1-3H3. The molecule has 7 nitrogen and oxygen atoms in total. The Morgan fingerprint density at radius 3 is 2.54 bits per heavy atom. The largest absolute Gasteiger partial charge is 0.468 e. The molecule has 3 rings (SSSR count). The second-order valence-electron chi connectivity index (χ2n) is 8.28. The number of carbonyl (C=O) groups is 1. The van der Waals surface area contributed by atoms with E-state index in [2.05, 4.69) is 18.7 Å². The minimum absolute atomic E-state index is 0.0693. The molecule has 1 aliphatic heterocycles. The van der Waals surface area contributed by atoms with Gasteiger partial charge in [0.1, 0.15) is 5.69 Å². The van der Waals surface area contributed by atoms with Crippen LogP contribution in [0.3, 0.4) is 0 Å². The number of carbonyl (C=O) groups excluding carboxylic acids is 1. The average molecular weight is 390 g/mol. The first-order valence-corrected chi connectivity index (χ1v) is 10.1. The van der Waals surface area contributed by atoms with Gasteiger partial charge in [-0.25, -0.2) is 0 Å². The fourth-order valence-corrected chi connectivity index (χ4v) is 4.38. The van der Waals surface area contributed by atoms with Crippen LogP contribution in [0.25, 0.3) is 0 Å². The summed E-state index contributed by atoms with van der Waals surface area (Å²) in [5, 5.41) is 12.0. The van der Waals surface area contributed by atoms with Gasteiger partial charge in [0, 0.05) is 31.9 Å². The number of esters is 1. The minimum atomic E-state index is -0.737. The van der Waals surface area contributed by atoms with Crippen molar-refractivity contribution in [1.82, 2.24) is 0 Å². The summed E-state index contributed by atoms with van der Waals surface area (Å²) in [5.74, 6) is 0.0689. The summed E-state index contributed by atoms with van der Waals surface area (Å²) in [6.07, 6.45) is 3.99. The molecule has 1 aliphatic carbocycles. The number of anilines is 1. The van der Waals surface area contributed by atoms with Gasteiger partial charge in [-0.05, 0) is 43.2 Å². The number of hydrogen-bond acceptors (Lipinski definition) is 6. The van der Waals surface area contributed by atoms with Gasteiger partial charge >= 0.3 is 5.97 Å². The predicted octanol–water partition coefficient (Wildman–Crippen LogP) is 3.83. The molecule has 1 saturated carbocycles. The van der Waals surface area contributed by atoms with Crippen LogP contribution in [0.1, 0.15) is 51.5 Å². The summed E-state index contributed by atoms with van der Waals surface area (Å²) >= 11 is 0. The summed E-state index contributed by atoms with van der Waals surface area (Å²) in [4.78, 5) is 26.2. The number of nitrogens with zero attached hydrogens (tertiary/aromatic N) is 2. The lowest BCUT2D eigenvalue weighted by Gasteiger charge is -2.40. The zero-order valence-electron chi connectivity index (χ0n) is 17.0. The molecule has 1 aromatic rings. The molecule has 0 amide bonds. The van der Waals surface area contributed by atoms with Crippen molar-refractivity contribution in [3.8, 4) is 0 Å². The predicted molar refractivity (Wildman–Crippen MR) is 107 cm³/mol. The maximum atomic E-state index is 12.4. The van der Waals surface area contributed by atoms with E-state index in [1.54, 1.807) is 6.07 Å². The number of nitro benzene ring substituents is 1. The summed E-state index contributed by atoms with van der Waals surface area (Å²) in [7, 11) is 1.38. The first-order valence-electron chi connectivity index (χ1n) is 10.1. The molecule has 0 aromatic heterocycles. The Bertz CT molecular complexity index is 724. The van der Waals surface area contributed by atoms with Crippen LogP contribution in [0, 0.1) is 16.0 Å². The SMILES string of the molecule is COC(=O)C1(c2ccc(N(CC(C)C)C3CCOCC3)c([N+](=O)[O-])c2)CCC1. The second kappa shape index (κ2) is 8.47. The maximum Gasteiger partial charge on any atom is 0.316 e. The molecular formula is C21H30N2O5. The topological polar surface area (TPSA) is 81.9 Å². The molecule has 28 heavy (non-hydrogen) atoms. The first kappa shape index (κ1) is 20.6. The van der Waals surface area contributed by atoms with Crippen LogP contribution in [-0.2, 0) is 19.7 Å². The summed E-state index contributed by atoms with van der Waals surface area (Å²) in [5.41, 5.74) is 0.658. The van der Waals surface area contributed by atoms with Crippen LogP contribution in [0.15, 0.2) is 18.2 Å². The molecule has 154 valence electrons. The fraction of sp³-hybridized carbons (Fsp3) is 0.667.